The van der Waals surface area contributed by atoms with Gasteiger partial charge in [0.1, 0.15) is 6.33 Å². The van der Waals surface area contributed by atoms with Crippen molar-refractivity contribution in [1.29, 1.82) is 0 Å². The van der Waals surface area contributed by atoms with E-state index in [0.29, 0.717) is 5.92 Å². The van der Waals surface area contributed by atoms with E-state index in [1.165, 1.54) is 6.42 Å². The Balaban J connectivity index is 1.56. The van der Waals surface area contributed by atoms with Crippen LogP contribution in [-0.2, 0) is 6.54 Å². The van der Waals surface area contributed by atoms with E-state index in [9.17, 15) is 0 Å². The molecule has 0 amide bonds. The van der Waals surface area contributed by atoms with Gasteiger partial charge in [0.2, 0.25) is 0 Å². The van der Waals surface area contributed by atoms with Gasteiger partial charge in [0, 0.05) is 49.4 Å². The van der Waals surface area contributed by atoms with Gasteiger partial charge in [-0.2, -0.15) is 0 Å². The Kier molecular flexibility index (Phi) is 4.74. The van der Waals surface area contributed by atoms with Crippen LogP contribution in [0.15, 0.2) is 61.4 Å². The fourth-order valence-electron chi connectivity index (χ4n) is 3.56. The molecule has 0 bridgehead atoms. The van der Waals surface area contributed by atoms with Crippen molar-refractivity contribution in [3.8, 4) is 11.1 Å². The number of pyridine rings is 2. The van der Waals surface area contributed by atoms with Gasteiger partial charge in [-0.1, -0.05) is 6.07 Å². The lowest BCUT2D eigenvalue weighted by atomic mass is 9.90. The standard InChI is InChI=1S/C20H21N5/c1-2-8-23-18(5-1)14-25-11-3-4-17(13-25)20-19(12-22-15-24-20)16-6-9-21-10-7-16/h1-2,5-10,12,15,17H,3-4,11,13-14H2. The molecule has 1 aliphatic rings. The third kappa shape index (κ3) is 3.72. The van der Waals surface area contributed by atoms with Gasteiger partial charge in [-0.15, -0.1) is 0 Å². The first-order chi connectivity index (χ1) is 12.4. The van der Waals surface area contributed by atoms with Crippen LogP contribution in [0.3, 0.4) is 0 Å². The maximum absolute atomic E-state index is 4.65. The van der Waals surface area contributed by atoms with Crippen LogP contribution in [-0.4, -0.2) is 37.9 Å². The van der Waals surface area contributed by atoms with Crippen molar-refractivity contribution in [2.24, 2.45) is 0 Å². The predicted molar refractivity (Wildman–Crippen MR) is 96.8 cm³/mol. The van der Waals surface area contributed by atoms with Crippen LogP contribution in [0.5, 0.6) is 0 Å². The van der Waals surface area contributed by atoms with Crippen LogP contribution in [0.1, 0.15) is 30.1 Å². The molecule has 0 aromatic carbocycles. The molecular formula is C20H21N5. The summed E-state index contributed by atoms with van der Waals surface area (Å²) in [4.78, 5) is 20.0. The SMILES string of the molecule is c1ccc(CN2CCCC(c3ncncc3-c3ccncc3)C2)nc1. The predicted octanol–water partition coefficient (Wildman–Crippen LogP) is 3.31. The topological polar surface area (TPSA) is 54.8 Å². The van der Waals surface area contributed by atoms with Crippen molar-refractivity contribution >= 4 is 0 Å². The van der Waals surface area contributed by atoms with E-state index in [4.69, 9.17) is 0 Å². The molecule has 0 saturated carbocycles. The van der Waals surface area contributed by atoms with E-state index in [-0.39, 0.29) is 0 Å². The molecule has 1 unspecified atom stereocenters. The minimum atomic E-state index is 0.420. The number of piperidine rings is 1. The molecule has 0 N–H and O–H groups in total. The number of hydrogen-bond acceptors (Lipinski definition) is 5. The van der Waals surface area contributed by atoms with Crippen molar-refractivity contribution in [3.63, 3.8) is 0 Å². The van der Waals surface area contributed by atoms with Crippen LogP contribution < -0.4 is 0 Å². The third-order valence-corrected chi connectivity index (χ3v) is 4.74. The second kappa shape index (κ2) is 7.49. The number of rotatable bonds is 4. The third-order valence-electron chi connectivity index (χ3n) is 4.74. The zero-order chi connectivity index (χ0) is 16.9. The fraction of sp³-hybridized carbons (Fsp3) is 0.300. The molecule has 4 heterocycles. The lowest BCUT2D eigenvalue weighted by Crippen LogP contribution is -2.34. The van der Waals surface area contributed by atoms with E-state index in [2.05, 4.69) is 37.0 Å². The maximum atomic E-state index is 4.65. The lowest BCUT2D eigenvalue weighted by molar-refractivity contribution is 0.196. The van der Waals surface area contributed by atoms with Crippen LogP contribution in [0.25, 0.3) is 11.1 Å². The maximum Gasteiger partial charge on any atom is 0.115 e. The Morgan fingerprint density at radius 2 is 1.92 bits per heavy atom. The molecule has 4 rings (SSSR count). The van der Waals surface area contributed by atoms with E-state index < -0.39 is 0 Å². The smallest absolute Gasteiger partial charge is 0.115 e. The molecule has 3 aromatic heterocycles. The first-order valence-corrected chi connectivity index (χ1v) is 8.73. The molecule has 25 heavy (non-hydrogen) atoms. The number of likely N-dealkylation sites (tertiary alicyclic amines) is 1. The normalized spacial score (nSPS) is 18.2. The Bertz CT molecular complexity index is 807. The first-order valence-electron chi connectivity index (χ1n) is 8.73. The minimum Gasteiger partial charge on any atom is -0.297 e. The summed E-state index contributed by atoms with van der Waals surface area (Å²) >= 11 is 0. The van der Waals surface area contributed by atoms with Crippen molar-refractivity contribution < 1.29 is 0 Å². The molecule has 5 heteroatoms. The summed E-state index contributed by atoms with van der Waals surface area (Å²) in [6, 6.07) is 10.2. The quantitative estimate of drug-likeness (QED) is 0.734. The molecule has 126 valence electrons. The first kappa shape index (κ1) is 15.8. The second-order valence-corrected chi connectivity index (χ2v) is 6.45. The summed E-state index contributed by atoms with van der Waals surface area (Å²) in [5.41, 5.74) is 4.52. The largest absolute Gasteiger partial charge is 0.297 e. The van der Waals surface area contributed by atoms with Gasteiger partial charge in [-0.3, -0.25) is 14.9 Å². The van der Waals surface area contributed by atoms with Gasteiger partial charge >= 0.3 is 0 Å². The Labute approximate surface area is 147 Å². The summed E-state index contributed by atoms with van der Waals surface area (Å²) in [5.74, 6) is 0.420. The highest BCUT2D eigenvalue weighted by molar-refractivity contribution is 5.64. The average molecular weight is 331 g/mol. The highest BCUT2D eigenvalue weighted by Crippen LogP contribution is 2.32. The lowest BCUT2D eigenvalue weighted by Gasteiger charge is -2.32. The van der Waals surface area contributed by atoms with E-state index in [1.807, 2.05) is 43.0 Å². The highest BCUT2D eigenvalue weighted by atomic mass is 15.1. The summed E-state index contributed by atoms with van der Waals surface area (Å²) < 4.78 is 0. The Morgan fingerprint density at radius 1 is 1.00 bits per heavy atom. The van der Waals surface area contributed by atoms with Crippen molar-refractivity contribution in [2.75, 3.05) is 13.1 Å². The van der Waals surface area contributed by atoms with Crippen molar-refractivity contribution in [2.45, 2.75) is 25.3 Å². The van der Waals surface area contributed by atoms with Crippen LogP contribution >= 0.6 is 0 Å². The van der Waals surface area contributed by atoms with Gasteiger partial charge in [0.05, 0.1) is 11.4 Å². The second-order valence-electron chi connectivity index (χ2n) is 6.45. The Morgan fingerprint density at radius 3 is 2.76 bits per heavy atom. The van der Waals surface area contributed by atoms with Gasteiger partial charge in [0.15, 0.2) is 0 Å². The highest BCUT2D eigenvalue weighted by Gasteiger charge is 2.25. The van der Waals surface area contributed by atoms with Gasteiger partial charge in [-0.25, -0.2) is 9.97 Å². The average Bonchev–Trinajstić information content (AvgIpc) is 2.70. The van der Waals surface area contributed by atoms with Crippen LogP contribution in [0.2, 0.25) is 0 Å². The summed E-state index contributed by atoms with van der Waals surface area (Å²) in [5, 5.41) is 0. The summed E-state index contributed by atoms with van der Waals surface area (Å²) in [6.07, 6.45) is 11.4. The number of nitrogens with zero attached hydrogens (tertiary/aromatic N) is 5. The fourth-order valence-corrected chi connectivity index (χ4v) is 3.56. The molecule has 1 aliphatic heterocycles. The summed E-state index contributed by atoms with van der Waals surface area (Å²) in [6.45, 7) is 3.02. The Hall–Kier alpha value is -2.66. The molecule has 1 fully saturated rings. The molecule has 5 nitrogen and oxygen atoms in total. The monoisotopic (exact) mass is 331 g/mol. The van der Waals surface area contributed by atoms with Crippen molar-refractivity contribution in [3.05, 3.63) is 72.8 Å². The number of aromatic nitrogens is 4. The van der Waals surface area contributed by atoms with E-state index in [1.54, 1.807) is 6.33 Å². The van der Waals surface area contributed by atoms with Gasteiger partial charge in [0.25, 0.3) is 0 Å². The van der Waals surface area contributed by atoms with E-state index >= 15 is 0 Å². The molecule has 0 radical (unpaired) electrons. The van der Waals surface area contributed by atoms with Crippen molar-refractivity contribution in [1.82, 2.24) is 24.8 Å². The molecule has 1 atom stereocenters. The van der Waals surface area contributed by atoms with Crippen LogP contribution in [0, 0.1) is 0 Å². The molecule has 1 saturated heterocycles. The molecular weight excluding hydrogens is 310 g/mol. The zero-order valence-corrected chi connectivity index (χ0v) is 14.1. The van der Waals surface area contributed by atoms with Crippen LogP contribution in [0.4, 0.5) is 0 Å². The zero-order valence-electron chi connectivity index (χ0n) is 14.1. The van der Waals surface area contributed by atoms with E-state index in [0.717, 1.165) is 48.6 Å². The molecule has 0 spiro atoms. The minimum absolute atomic E-state index is 0.420. The number of hydrogen-bond donors (Lipinski definition) is 0. The summed E-state index contributed by atoms with van der Waals surface area (Å²) in [7, 11) is 0. The van der Waals surface area contributed by atoms with Gasteiger partial charge < -0.3 is 0 Å². The van der Waals surface area contributed by atoms with Gasteiger partial charge in [-0.05, 0) is 49.2 Å². The molecule has 0 aliphatic carbocycles. The molecule has 3 aromatic rings.